The van der Waals surface area contributed by atoms with E-state index >= 15 is 0 Å². The van der Waals surface area contributed by atoms with Gasteiger partial charge in [-0.3, -0.25) is 4.68 Å². The van der Waals surface area contributed by atoms with E-state index in [0.717, 1.165) is 39.5 Å². The fourth-order valence-corrected chi connectivity index (χ4v) is 4.09. The molecule has 4 heterocycles. The second-order valence-electron chi connectivity index (χ2n) is 7.85. The number of aliphatic hydroxyl groups is 1. The maximum absolute atomic E-state index is 9.19. The molecule has 4 aromatic heterocycles. The molecule has 0 aliphatic heterocycles. The van der Waals surface area contributed by atoms with Crippen LogP contribution < -0.4 is 5.32 Å². The van der Waals surface area contributed by atoms with Gasteiger partial charge < -0.3 is 20.4 Å². The van der Waals surface area contributed by atoms with Gasteiger partial charge in [0.1, 0.15) is 17.8 Å². The minimum Gasteiger partial charge on any atom is -0.394 e. The number of aromatic nitrogens is 6. The number of hydrogen-bond donors (Lipinski definition) is 4. The summed E-state index contributed by atoms with van der Waals surface area (Å²) >= 11 is 0. The number of nitrogens with zero attached hydrogens (tertiary/aromatic N) is 4. The molecule has 32 heavy (non-hydrogen) atoms. The van der Waals surface area contributed by atoms with Gasteiger partial charge in [-0.2, -0.15) is 5.10 Å². The van der Waals surface area contributed by atoms with Gasteiger partial charge in [-0.15, -0.1) is 0 Å². The quantitative estimate of drug-likeness (QED) is 0.310. The van der Waals surface area contributed by atoms with Crippen LogP contribution in [-0.4, -0.2) is 41.4 Å². The first-order valence-corrected chi connectivity index (χ1v) is 10.6. The van der Waals surface area contributed by atoms with E-state index < -0.39 is 0 Å². The molecule has 1 aromatic carbocycles. The minimum atomic E-state index is -0.0216. The number of benzene rings is 1. The SMILES string of the molecule is Cc1cc(-c2ccccc2)c(C(C)Nc2ncnc3[nH]cc(-c4ccn(CCO)n4)c23)[nH]1. The summed E-state index contributed by atoms with van der Waals surface area (Å²) < 4.78 is 1.72. The Kier molecular flexibility index (Phi) is 5.20. The van der Waals surface area contributed by atoms with Crippen LogP contribution in [0.3, 0.4) is 0 Å². The van der Waals surface area contributed by atoms with Gasteiger partial charge in [0, 0.05) is 34.9 Å². The first-order valence-electron chi connectivity index (χ1n) is 10.6. The summed E-state index contributed by atoms with van der Waals surface area (Å²) in [5.74, 6) is 0.738. The maximum Gasteiger partial charge on any atom is 0.143 e. The van der Waals surface area contributed by atoms with Crippen molar-refractivity contribution in [3.63, 3.8) is 0 Å². The van der Waals surface area contributed by atoms with Crippen LogP contribution in [0.5, 0.6) is 0 Å². The number of hydrogen-bond acceptors (Lipinski definition) is 5. The van der Waals surface area contributed by atoms with Crippen molar-refractivity contribution < 1.29 is 5.11 Å². The van der Waals surface area contributed by atoms with Crippen LogP contribution in [0.4, 0.5) is 5.82 Å². The molecule has 1 atom stereocenters. The summed E-state index contributed by atoms with van der Waals surface area (Å²) in [7, 11) is 0. The Bertz CT molecular complexity index is 1350. The van der Waals surface area contributed by atoms with Crippen LogP contribution in [0.25, 0.3) is 33.4 Å². The summed E-state index contributed by atoms with van der Waals surface area (Å²) in [5.41, 5.74) is 7.01. The lowest BCUT2D eigenvalue weighted by Crippen LogP contribution is -2.10. The van der Waals surface area contributed by atoms with Crippen LogP contribution >= 0.6 is 0 Å². The zero-order valence-electron chi connectivity index (χ0n) is 18.0. The second kappa shape index (κ2) is 8.32. The van der Waals surface area contributed by atoms with Crippen molar-refractivity contribution in [2.24, 2.45) is 0 Å². The highest BCUT2D eigenvalue weighted by molar-refractivity contribution is 6.00. The molecule has 162 valence electrons. The lowest BCUT2D eigenvalue weighted by Gasteiger charge is -2.17. The van der Waals surface area contributed by atoms with Crippen LogP contribution in [0.1, 0.15) is 24.4 Å². The van der Waals surface area contributed by atoms with Crippen LogP contribution in [0.15, 0.2) is 61.2 Å². The maximum atomic E-state index is 9.19. The van der Waals surface area contributed by atoms with Crippen molar-refractivity contribution in [3.05, 3.63) is 72.6 Å². The predicted octanol–water partition coefficient (Wildman–Crippen LogP) is 4.29. The van der Waals surface area contributed by atoms with Crippen molar-refractivity contribution >= 4 is 16.9 Å². The van der Waals surface area contributed by atoms with E-state index in [9.17, 15) is 5.11 Å². The molecule has 4 N–H and O–H groups in total. The third-order valence-corrected chi connectivity index (χ3v) is 5.57. The number of nitrogens with one attached hydrogen (secondary N) is 3. The monoisotopic (exact) mass is 427 g/mol. The third-order valence-electron chi connectivity index (χ3n) is 5.57. The van der Waals surface area contributed by atoms with Gasteiger partial charge in [-0.25, -0.2) is 9.97 Å². The van der Waals surface area contributed by atoms with E-state index in [0.29, 0.717) is 6.54 Å². The van der Waals surface area contributed by atoms with Gasteiger partial charge in [0.15, 0.2) is 0 Å². The van der Waals surface area contributed by atoms with E-state index in [1.807, 2.05) is 24.5 Å². The number of fused-ring (bicyclic) bond motifs is 1. The molecule has 0 saturated carbocycles. The Morgan fingerprint density at radius 3 is 2.78 bits per heavy atom. The van der Waals surface area contributed by atoms with E-state index in [1.165, 1.54) is 11.1 Å². The molecule has 8 heteroatoms. The fraction of sp³-hybridized carbons (Fsp3) is 0.208. The lowest BCUT2D eigenvalue weighted by atomic mass is 10.0. The van der Waals surface area contributed by atoms with Gasteiger partial charge in [-0.1, -0.05) is 30.3 Å². The fourth-order valence-electron chi connectivity index (χ4n) is 4.09. The highest BCUT2D eigenvalue weighted by Crippen LogP contribution is 2.34. The van der Waals surface area contributed by atoms with Gasteiger partial charge in [-0.05, 0) is 31.5 Å². The second-order valence-corrected chi connectivity index (χ2v) is 7.85. The van der Waals surface area contributed by atoms with Crippen molar-refractivity contribution in [1.82, 2.24) is 29.7 Å². The summed E-state index contributed by atoms with van der Waals surface area (Å²) in [6.07, 6.45) is 5.31. The summed E-state index contributed by atoms with van der Waals surface area (Å²) in [6, 6.07) is 14.5. The third kappa shape index (κ3) is 3.65. The molecule has 5 aromatic rings. The molecule has 0 amide bonds. The van der Waals surface area contributed by atoms with E-state index in [4.69, 9.17) is 0 Å². The summed E-state index contributed by atoms with van der Waals surface area (Å²) in [4.78, 5) is 15.7. The van der Waals surface area contributed by atoms with E-state index in [-0.39, 0.29) is 12.6 Å². The minimum absolute atomic E-state index is 0.0216. The Morgan fingerprint density at radius 1 is 1.12 bits per heavy atom. The first kappa shape index (κ1) is 20.0. The molecule has 5 rings (SSSR count). The van der Waals surface area contributed by atoms with Crippen molar-refractivity contribution in [2.75, 3.05) is 11.9 Å². The average Bonchev–Trinajstić information content (AvgIpc) is 3.53. The Morgan fingerprint density at radius 2 is 1.97 bits per heavy atom. The number of H-pyrrole nitrogens is 2. The topological polar surface area (TPSA) is 107 Å². The highest BCUT2D eigenvalue weighted by atomic mass is 16.3. The average molecular weight is 428 g/mol. The number of aromatic amines is 2. The van der Waals surface area contributed by atoms with Crippen molar-refractivity contribution in [2.45, 2.75) is 26.4 Å². The van der Waals surface area contributed by atoms with Crippen molar-refractivity contribution in [3.8, 4) is 22.4 Å². The van der Waals surface area contributed by atoms with Gasteiger partial charge >= 0.3 is 0 Å². The van der Waals surface area contributed by atoms with E-state index in [1.54, 1.807) is 11.0 Å². The Labute approximate surface area is 185 Å². The molecule has 0 aliphatic carbocycles. The molecule has 0 fully saturated rings. The lowest BCUT2D eigenvalue weighted by molar-refractivity contribution is 0.269. The Hall–Kier alpha value is -3.91. The molecule has 0 bridgehead atoms. The number of aliphatic hydroxyl groups excluding tert-OH is 1. The molecule has 0 aliphatic rings. The smallest absolute Gasteiger partial charge is 0.143 e. The molecule has 0 radical (unpaired) electrons. The van der Waals surface area contributed by atoms with Crippen molar-refractivity contribution in [1.29, 1.82) is 0 Å². The molecule has 0 spiro atoms. The molecular formula is C24H25N7O. The molecule has 1 unspecified atom stereocenters. The van der Waals surface area contributed by atoms with E-state index in [2.05, 4.69) is 74.5 Å². The molecular weight excluding hydrogens is 402 g/mol. The number of rotatable bonds is 7. The van der Waals surface area contributed by atoms with Crippen LogP contribution in [-0.2, 0) is 6.54 Å². The zero-order valence-corrected chi connectivity index (χ0v) is 18.0. The Balaban J connectivity index is 1.52. The largest absolute Gasteiger partial charge is 0.394 e. The van der Waals surface area contributed by atoms with Gasteiger partial charge in [0.05, 0.1) is 30.3 Å². The summed E-state index contributed by atoms with van der Waals surface area (Å²) in [5, 5.41) is 18.2. The zero-order chi connectivity index (χ0) is 22.1. The van der Waals surface area contributed by atoms with Gasteiger partial charge in [0.25, 0.3) is 0 Å². The molecule has 8 nitrogen and oxygen atoms in total. The molecule has 0 saturated heterocycles. The number of anilines is 1. The normalized spacial score (nSPS) is 12.3. The highest BCUT2D eigenvalue weighted by Gasteiger charge is 2.19. The van der Waals surface area contributed by atoms with Crippen LogP contribution in [0, 0.1) is 6.92 Å². The first-order chi connectivity index (χ1) is 15.6. The summed E-state index contributed by atoms with van der Waals surface area (Å²) in [6.45, 7) is 4.68. The van der Waals surface area contributed by atoms with Gasteiger partial charge in [0.2, 0.25) is 0 Å². The standard InChI is InChI=1S/C24H25N7O/c1-15-12-18(17-6-4-3-5-7-17)22(28-15)16(2)29-24-21-19(13-25-23(21)26-14-27-24)20-8-9-31(30-20)10-11-32/h3-9,12-14,16,28,32H,10-11H2,1-2H3,(H2,25,26,27,29). The van der Waals surface area contributed by atoms with Crippen LogP contribution in [0.2, 0.25) is 0 Å². The predicted molar refractivity (Wildman–Crippen MR) is 125 cm³/mol. The number of aryl methyl sites for hydroxylation is 1.